The van der Waals surface area contributed by atoms with E-state index in [0.29, 0.717) is 17.7 Å². The Morgan fingerprint density at radius 1 is 1.07 bits per heavy atom. The summed E-state index contributed by atoms with van der Waals surface area (Å²) in [5.41, 5.74) is 3.74. The molecule has 1 N–H and O–H groups in total. The molecule has 1 aliphatic rings. The van der Waals surface area contributed by atoms with Crippen LogP contribution in [0.1, 0.15) is 38.8 Å². The first-order valence-corrected chi connectivity index (χ1v) is 9.17. The molecule has 0 bridgehead atoms. The van der Waals surface area contributed by atoms with Gasteiger partial charge in [0, 0.05) is 43.1 Å². The monoisotopic (exact) mass is 372 g/mol. The van der Waals surface area contributed by atoms with Gasteiger partial charge in [0.15, 0.2) is 0 Å². The first-order chi connectivity index (χ1) is 13.6. The average molecular weight is 372 g/mol. The molecule has 1 aromatic carbocycles. The van der Waals surface area contributed by atoms with Gasteiger partial charge in [0.25, 0.3) is 11.8 Å². The Balaban J connectivity index is 1.52. The van der Waals surface area contributed by atoms with E-state index >= 15 is 0 Å². The van der Waals surface area contributed by atoms with Crippen LogP contribution in [0.5, 0.6) is 0 Å². The molecular weight excluding hydrogens is 352 g/mol. The Kier molecular flexibility index (Phi) is 4.85. The highest BCUT2D eigenvalue weighted by Crippen LogP contribution is 2.33. The lowest BCUT2D eigenvalue weighted by molar-refractivity contribution is 0.0950. The number of rotatable bonds is 4. The SMILES string of the molecule is CC1Cc2ccccc2N1C(=O)c1cncc(C(=O)NCc2cccnc2)c1. The molecule has 3 aromatic rings. The lowest BCUT2D eigenvalue weighted by atomic mass is 10.1. The standard InChI is InChI=1S/C22H20N4O2/c1-15-9-17-6-2-3-7-20(17)26(15)22(28)19-10-18(13-24-14-19)21(27)25-12-16-5-4-8-23-11-16/h2-8,10-11,13-15H,9,12H2,1H3,(H,25,27). The van der Waals surface area contributed by atoms with E-state index < -0.39 is 0 Å². The predicted octanol–water partition coefficient (Wildman–Crippen LogP) is 3.00. The number of pyridine rings is 2. The molecule has 1 unspecified atom stereocenters. The van der Waals surface area contributed by atoms with Crippen LogP contribution in [0.3, 0.4) is 0 Å². The second kappa shape index (κ2) is 7.60. The van der Waals surface area contributed by atoms with Gasteiger partial charge in [-0.25, -0.2) is 0 Å². The van der Waals surface area contributed by atoms with Crippen molar-refractivity contribution in [3.8, 4) is 0 Å². The van der Waals surface area contributed by atoms with E-state index in [4.69, 9.17) is 0 Å². The number of carbonyl (C=O) groups is 2. The number of fused-ring (bicyclic) bond motifs is 1. The summed E-state index contributed by atoms with van der Waals surface area (Å²) in [5.74, 6) is -0.423. The third-order valence-corrected chi connectivity index (χ3v) is 4.85. The molecule has 3 heterocycles. The van der Waals surface area contributed by atoms with Crippen molar-refractivity contribution in [2.24, 2.45) is 0 Å². The van der Waals surface area contributed by atoms with Crippen LogP contribution in [0.25, 0.3) is 0 Å². The zero-order chi connectivity index (χ0) is 19.5. The molecule has 0 fully saturated rings. The number of nitrogens with zero attached hydrogens (tertiary/aromatic N) is 3. The molecule has 0 saturated heterocycles. The van der Waals surface area contributed by atoms with E-state index in [1.165, 1.54) is 12.4 Å². The van der Waals surface area contributed by atoms with Gasteiger partial charge in [-0.05, 0) is 42.7 Å². The number of anilines is 1. The molecule has 1 atom stereocenters. The Bertz CT molecular complexity index is 1020. The van der Waals surface area contributed by atoms with Gasteiger partial charge in [-0.2, -0.15) is 0 Å². The number of hydrogen-bond donors (Lipinski definition) is 1. The minimum atomic E-state index is -0.277. The average Bonchev–Trinajstić information content (AvgIpc) is 3.08. The zero-order valence-corrected chi connectivity index (χ0v) is 15.5. The van der Waals surface area contributed by atoms with Crippen molar-refractivity contribution in [1.82, 2.24) is 15.3 Å². The van der Waals surface area contributed by atoms with Crippen molar-refractivity contribution in [2.45, 2.75) is 25.9 Å². The molecule has 6 heteroatoms. The van der Waals surface area contributed by atoms with Crippen molar-refractivity contribution in [3.05, 3.63) is 89.5 Å². The Hall–Kier alpha value is -3.54. The molecule has 6 nitrogen and oxygen atoms in total. The molecule has 0 radical (unpaired) electrons. The minimum Gasteiger partial charge on any atom is -0.348 e. The number of benzene rings is 1. The lowest BCUT2D eigenvalue weighted by Crippen LogP contribution is -2.36. The van der Waals surface area contributed by atoms with Crippen molar-refractivity contribution in [3.63, 3.8) is 0 Å². The van der Waals surface area contributed by atoms with Crippen LogP contribution < -0.4 is 10.2 Å². The number of nitrogens with one attached hydrogen (secondary N) is 1. The van der Waals surface area contributed by atoms with Crippen LogP contribution in [0.4, 0.5) is 5.69 Å². The molecule has 140 valence electrons. The lowest BCUT2D eigenvalue weighted by Gasteiger charge is -2.22. The molecule has 1 aliphatic heterocycles. The van der Waals surface area contributed by atoms with Gasteiger partial charge in [-0.3, -0.25) is 19.6 Å². The summed E-state index contributed by atoms with van der Waals surface area (Å²) < 4.78 is 0. The summed E-state index contributed by atoms with van der Waals surface area (Å²) in [7, 11) is 0. The van der Waals surface area contributed by atoms with E-state index in [-0.39, 0.29) is 17.9 Å². The molecule has 0 spiro atoms. The van der Waals surface area contributed by atoms with Crippen LogP contribution in [0.2, 0.25) is 0 Å². The van der Waals surface area contributed by atoms with E-state index in [1.54, 1.807) is 23.4 Å². The quantitative estimate of drug-likeness (QED) is 0.764. The van der Waals surface area contributed by atoms with Crippen LogP contribution in [0, 0.1) is 0 Å². The number of hydrogen-bond acceptors (Lipinski definition) is 4. The Labute approximate surface area is 163 Å². The van der Waals surface area contributed by atoms with Gasteiger partial charge in [0.1, 0.15) is 0 Å². The number of para-hydroxylation sites is 1. The first kappa shape index (κ1) is 17.9. The summed E-state index contributed by atoms with van der Waals surface area (Å²) in [6.45, 7) is 2.39. The summed E-state index contributed by atoms with van der Waals surface area (Å²) in [6, 6.07) is 13.3. The van der Waals surface area contributed by atoms with Gasteiger partial charge >= 0.3 is 0 Å². The van der Waals surface area contributed by atoms with Crippen molar-refractivity contribution < 1.29 is 9.59 Å². The molecule has 2 aromatic heterocycles. The van der Waals surface area contributed by atoms with E-state index in [1.807, 2.05) is 43.3 Å². The Morgan fingerprint density at radius 2 is 1.89 bits per heavy atom. The third-order valence-electron chi connectivity index (χ3n) is 4.85. The van der Waals surface area contributed by atoms with Crippen molar-refractivity contribution in [1.29, 1.82) is 0 Å². The summed E-state index contributed by atoms with van der Waals surface area (Å²) in [4.78, 5) is 35.5. The van der Waals surface area contributed by atoms with E-state index in [2.05, 4.69) is 15.3 Å². The molecule has 0 aliphatic carbocycles. The summed E-state index contributed by atoms with van der Waals surface area (Å²) >= 11 is 0. The fourth-order valence-corrected chi connectivity index (χ4v) is 3.48. The fourth-order valence-electron chi connectivity index (χ4n) is 3.48. The highest BCUT2D eigenvalue weighted by molar-refractivity contribution is 6.08. The molecule has 4 rings (SSSR count). The zero-order valence-electron chi connectivity index (χ0n) is 15.5. The Morgan fingerprint density at radius 3 is 2.71 bits per heavy atom. The van der Waals surface area contributed by atoms with E-state index in [9.17, 15) is 9.59 Å². The van der Waals surface area contributed by atoms with Gasteiger partial charge in [-0.1, -0.05) is 24.3 Å². The maximum atomic E-state index is 13.1. The number of aromatic nitrogens is 2. The van der Waals surface area contributed by atoms with Gasteiger partial charge in [0.2, 0.25) is 0 Å². The van der Waals surface area contributed by atoms with E-state index in [0.717, 1.165) is 23.2 Å². The van der Waals surface area contributed by atoms with Gasteiger partial charge in [0.05, 0.1) is 11.1 Å². The molecule has 2 amide bonds. The fraction of sp³-hybridized carbons (Fsp3) is 0.182. The van der Waals surface area contributed by atoms with Gasteiger partial charge in [-0.15, -0.1) is 0 Å². The molecular formula is C22H20N4O2. The topological polar surface area (TPSA) is 75.2 Å². The highest BCUT2D eigenvalue weighted by atomic mass is 16.2. The molecule has 0 saturated carbocycles. The maximum Gasteiger partial charge on any atom is 0.260 e. The smallest absolute Gasteiger partial charge is 0.260 e. The largest absolute Gasteiger partial charge is 0.348 e. The minimum absolute atomic E-state index is 0.0629. The second-order valence-electron chi connectivity index (χ2n) is 6.86. The summed E-state index contributed by atoms with van der Waals surface area (Å²) in [5, 5.41) is 2.83. The number of carbonyl (C=O) groups excluding carboxylic acids is 2. The highest BCUT2D eigenvalue weighted by Gasteiger charge is 2.31. The van der Waals surface area contributed by atoms with Crippen LogP contribution >= 0.6 is 0 Å². The van der Waals surface area contributed by atoms with Crippen molar-refractivity contribution in [2.75, 3.05) is 4.90 Å². The normalized spacial score (nSPS) is 15.2. The number of amides is 2. The molecule has 28 heavy (non-hydrogen) atoms. The maximum absolute atomic E-state index is 13.1. The third kappa shape index (κ3) is 3.49. The van der Waals surface area contributed by atoms with Crippen LogP contribution in [0.15, 0.2) is 67.3 Å². The second-order valence-corrected chi connectivity index (χ2v) is 6.86. The summed E-state index contributed by atoms with van der Waals surface area (Å²) in [6.07, 6.45) is 7.18. The first-order valence-electron chi connectivity index (χ1n) is 9.17. The predicted molar refractivity (Wildman–Crippen MR) is 106 cm³/mol. The van der Waals surface area contributed by atoms with Gasteiger partial charge < -0.3 is 10.2 Å². The van der Waals surface area contributed by atoms with Crippen molar-refractivity contribution >= 4 is 17.5 Å². The van der Waals surface area contributed by atoms with Crippen LogP contribution in [-0.2, 0) is 13.0 Å². The van der Waals surface area contributed by atoms with Crippen LogP contribution in [-0.4, -0.2) is 27.8 Å².